The molecule has 0 unspecified atom stereocenters. The average molecular weight is 364 g/mol. The molecule has 0 aromatic heterocycles. The molecule has 0 saturated heterocycles. The number of hydrogen-bond donors (Lipinski definition) is 0. The Kier molecular flexibility index (Phi) is 42.5. The van der Waals surface area contributed by atoms with Crippen LogP contribution in [0, 0.1) is 0 Å². The van der Waals surface area contributed by atoms with Gasteiger partial charge in [-0.15, -0.1) is 24.7 Å². The van der Waals surface area contributed by atoms with Crippen molar-refractivity contribution in [1.82, 2.24) is 0 Å². The van der Waals surface area contributed by atoms with Gasteiger partial charge in [0.15, 0.2) is 11.6 Å². The fraction of sp³-hybridized carbons (Fsp3) is 0.625. The van der Waals surface area contributed by atoms with Crippen LogP contribution in [-0.4, -0.2) is 24.8 Å². The van der Waals surface area contributed by atoms with E-state index in [1.807, 2.05) is 13.8 Å². The van der Waals surface area contributed by atoms with Gasteiger partial charge in [-0.2, -0.15) is 0 Å². The van der Waals surface area contributed by atoms with Gasteiger partial charge in [0.05, 0.1) is 0 Å². The van der Waals surface area contributed by atoms with Gasteiger partial charge in [-0.25, -0.2) is 0 Å². The Morgan fingerprint density at radius 3 is 0.913 bits per heavy atom. The summed E-state index contributed by atoms with van der Waals surface area (Å²) in [6.45, 7) is 9.27. The molecule has 0 aliphatic carbocycles. The first-order valence-corrected chi connectivity index (χ1v) is 6.96. The molecule has 6 nitrogen and oxygen atoms in total. The number of ketones is 2. The maximum atomic E-state index is 9.98. The third-order valence-corrected chi connectivity index (χ3v) is 1.22. The minimum Gasteiger partial charge on any atom is -0.876 e. The quantitative estimate of drug-likeness (QED) is 0.365. The van der Waals surface area contributed by atoms with Gasteiger partial charge in [0.2, 0.25) is 0 Å². The second kappa shape index (κ2) is 29.1. The van der Waals surface area contributed by atoms with Crippen molar-refractivity contribution in [3.05, 3.63) is 23.7 Å². The first kappa shape index (κ1) is 33.6. The van der Waals surface area contributed by atoms with Crippen molar-refractivity contribution in [2.75, 3.05) is 13.2 Å². The van der Waals surface area contributed by atoms with Crippen molar-refractivity contribution in [2.24, 2.45) is 0 Å². The van der Waals surface area contributed by atoms with Crippen LogP contribution < -0.4 is 20.4 Å². The summed E-state index contributed by atoms with van der Waals surface area (Å²) in [5.41, 5.74) is 0. The molecule has 7 heteroatoms. The molecule has 0 aliphatic heterocycles. The van der Waals surface area contributed by atoms with Crippen LogP contribution in [-0.2, 0) is 31.3 Å². The minimum absolute atomic E-state index is 0. The van der Waals surface area contributed by atoms with Gasteiger partial charge in [-0.1, -0.05) is 40.5 Å². The Bertz CT molecular complexity index is 281. The summed E-state index contributed by atoms with van der Waals surface area (Å²) >= 11 is 0. The van der Waals surface area contributed by atoms with Gasteiger partial charge in [-0.3, -0.25) is 9.59 Å². The monoisotopic (exact) mass is 364 g/mol. The van der Waals surface area contributed by atoms with E-state index in [2.05, 4.69) is 0 Å². The number of carbonyl (C=O) groups is 2. The molecule has 0 saturated carbocycles. The molecule has 132 valence electrons. The molecule has 0 aromatic carbocycles. The summed E-state index contributed by atoms with van der Waals surface area (Å²) in [6, 6.07) is 0. The van der Waals surface area contributed by atoms with E-state index in [1.165, 1.54) is 27.7 Å². The fourth-order valence-electron chi connectivity index (χ4n) is 0.572. The SMILES string of the molecule is CC(=O)/C=C(\C)[O-].CC(=O)/C=C(\C)[O-].CCC[O-].CCC[O-].[Ti+4]. The first-order chi connectivity index (χ1) is 10.1. The zero-order valence-electron chi connectivity index (χ0n) is 14.9. The summed E-state index contributed by atoms with van der Waals surface area (Å²) in [6.07, 6.45) is 3.64. The van der Waals surface area contributed by atoms with Crippen molar-refractivity contribution < 1.29 is 51.7 Å². The van der Waals surface area contributed by atoms with Crippen LogP contribution in [0.25, 0.3) is 0 Å². The Morgan fingerprint density at radius 1 is 0.739 bits per heavy atom. The molecule has 0 atom stereocenters. The van der Waals surface area contributed by atoms with Gasteiger partial charge in [0, 0.05) is 0 Å². The first-order valence-electron chi connectivity index (χ1n) is 6.96. The van der Waals surface area contributed by atoms with Crippen LogP contribution in [0.5, 0.6) is 0 Å². The Labute approximate surface area is 154 Å². The fourth-order valence-corrected chi connectivity index (χ4v) is 0.572. The van der Waals surface area contributed by atoms with E-state index in [9.17, 15) is 30.0 Å². The zero-order valence-corrected chi connectivity index (χ0v) is 16.5. The smallest absolute Gasteiger partial charge is 0.876 e. The third kappa shape index (κ3) is 93.2. The van der Waals surface area contributed by atoms with E-state index >= 15 is 0 Å². The summed E-state index contributed by atoms with van der Waals surface area (Å²) in [7, 11) is 0. The van der Waals surface area contributed by atoms with E-state index in [4.69, 9.17) is 0 Å². The molecule has 0 radical (unpaired) electrons. The molecular formula is C16H28O6Ti. The largest absolute Gasteiger partial charge is 4.00 e. The second-order valence-corrected chi connectivity index (χ2v) is 4.14. The summed E-state index contributed by atoms with van der Waals surface area (Å²) in [5.74, 6) is -0.750. The molecular weight excluding hydrogens is 336 g/mol. The predicted octanol–water partition coefficient (Wildman–Crippen LogP) is -0.810. The number of hydrogen-bond acceptors (Lipinski definition) is 6. The van der Waals surface area contributed by atoms with E-state index in [0.29, 0.717) is 0 Å². The Morgan fingerprint density at radius 2 is 0.913 bits per heavy atom. The van der Waals surface area contributed by atoms with Gasteiger partial charge in [0.25, 0.3) is 0 Å². The predicted molar refractivity (Wildman–Crippen MR) is 79.2 cm³/mol. The zero-order chi connectivity index (χ0) is 18.6. The van der Waals surface area contributed by atoms with Crippen molar-refractivity contribution >= 4 is 11.6 Å². The van der Waals surface area contributed by atoms with E-state index < -0.39 is 0 Å². The molecule has 0 aromatic rings. The molecule has 0 fully saturated rings. The normalized spacial score (nSPS) is 9.57. The average Bonchev–Trinajstić information content (AvgIpc) is 2.36. The number of carbonyl (C=O) groups excluding carboxylic acids is 2. The maximum Gasteiger partial charge on any atom is 4.00 e. The van der Waals surface area contributed by atoms with Gasteiger partial charge < -0.3 is 20.4 Å². The van der Waals surface area contributed by atoms with Crippen molar-refractivity contribution in [3.63, 3.8) is 0 Å². The standard InChI is InChI=1S/2C5H8O2.2C3H7O.Ti/c2*1-4(6)3-5(2)7;2*1-2-3-4;/h2*3,6H,1-2H3;2*2-3H2,1H3;/q;;2*-1;+4/p-2/b2*4-3+;;;. The molecule has 0 amide bonds. The molecule has 0 heterocycles. The van der Waals surface area contributed by atoms with Gasteiger partial charge in [0.1, 0.15) is 0 Å². The molecule has 0 aliphatic rings. The Hall–Kier alpha value is -0.946. The van der Waals surface area contributed by atoms with Crippen LogP contribution >= 0.6 is 0 Å². The maximum absolute atomic E-state index is 9.98. The van der Waals surface area contributed by atoms with Crippen LogP contribution in [0.2, 0.25) is 0 Å². The molecule has 0 bridgehead atoms. The number of allylic oxidation sites excluding steroid dienone is 4. The van der Waals surface area contributed by atoms with Gasteiger partial charge in [-0.05, 0) is 26.0 Å². The topological polar surface area (TPSA) is 126 Å². The number of rotatable bonds is 4. The molecule has 0 N–H and O–H groups in total. The molecule has 0 spiro atoms. The van der Waals surface area contributed by atoms with E-state index in [0.717, 1.165) is 25.0 Å². The van der Waals surface area contributed by atoms with Crippen LogP contribution in [0.15, 0.2) is 23.7 Å². The van der Waals surface area contributed by atoms with Crippen molar-refractivity contribution in [1.29, 1.82) is 0 Å². The van der Waals surface area contributed by atoms with E-state index in [1.54, 1.807) is 0 Å². The second-order valence-electron chi connectivity index (χ2n) is 4.14. The Balaban J connectivity index is -0.0000000639. The van der Waals surface area contributed by atoms with Crippen molar-refractivity contribution in [3.8, 4) is 0 Å². The summed E-state index contributed by atoms with van der Waals surface area (Å²) in [4.78, 5) is 20.0. The van der Waals surface area contributed by atoms with E-state index in [-0.39, 0.29) is 58.0 Å². The molecule has 23 heavy (non-hydrogen) atoms. The van der Waals surface area contributed by atoms with Crippen LogP contribution in [0.4, 0.5) is 0 Å². The third-order valence-electron chi connectivity index (χ3n) is 1.22. The minimum atomic E-state index is -0.187. The van der Waals surface area contributed by atoms with Crippen LogP contribution in [0.3, 0.4) is 0 Å². The van der Waals surface area contributed by atoms with Crippen LogP contribution in [0.1, 0.15) is 54.4 Å². The summed E-state index contributed by atoms with van der Waals surface area (Å²) in [5, 5.41) is 38.6. The van der Waals surface area contributed by atoms with Crippen molar-refractivity contribution in [2.45, 2.75) is 54.4 Å². The summed E-state index contributed by atoms with van der Waals surface area (Å²) < 4.78 is 0. The molecule has 0 rings (SSSR count). The van der Waals surface area contributed by atoms with Gasteiger partial charge >= 0.3 is 21.7 Å².